The molecular weight excluding hydrogens is 122 g/mol. The molecule has 1 unspecified atom stereocenters. The van der Waals surface area contributed by atoms with Gasteiger partial charge in [-0.1, -0.05) is 5.92 Å². The highest BCUT2D eigenvalue weighted by Gasteiger charge is 2.14. The minimum atomic E-state index is 0.170. The summed E-state index contributed by atoms with van der Waals surface area (Å²) in [4.78, 5) is 0. The third-order valence-electron chi connectivity index (χ3n) is 1.47. The van der Waals surface area contributed by atoms with Gasteiger partial charge in [-0.15, -0.1) is 6.42 Å². The molecule has 0 spiro atoms. The summed E-state index contributed by atoms with van der Waals surface area (Å²) >= 11 is 0. The van der Waals surface area contributed by atoms with Crippen molar-refractivity contribution in [2.75, 3.05) is 6.54 Å². The molecule has 50 valence electrons. The van der Waals surface area contributed by atoms with E-state index in [0.29, 0.717) is 0 Å². The van der Waals surface area contributed by atoms with Gasteiger partial charge in [0.15, 0.2) is 6.20 Å². The van der Waals surface area contributed by atoms with Gasteiger partial charge in [-0.25, -0.2) is 0 Å². The van der Waals surface area contributed by atoms with Crippen LogP contribution in [-0.4, -0.2) is 6.54 Å². The van der Waals surface area contributed by atoms with Crippen molar-refractivity contribution in [1.29, 1.82) is 0 Å². The van der Waals surface area contributed by atoms with E-state index in [-0.39, 0.29) is 5.92 Å². The zero-order valence-electron chi connectivity index (χ0n) is 6.02. The van der Waals surface area contributed by atoms with E-state index in [9.17, 15) is 0 Å². The Morgan fingerprint density at radius 1 is 1.90 bits per heavy atom. The Morgan fingerprint density at radius 2 is 2.70 bits per heavy atom. The highest BCUT2D eigenvalue weighted by atomic mass is 14.8. The number of hydrogen-bond acceptors (Lipinski definition) is 1. The lowest BCUT2D eigenvalue weighted by atomic mass is 10.0. The number of nitrogens with one attached hydrogen (secondary N) is 1. The van der Waals surface area contributed by atoms with Crippen LogP contribution in [0.15, 0.2) is 17.7 Å². The lowest BCUT2D eigenvalue weighted by Gasteiger charge is -1.98. The third kappa shape index (κ3) is 1.37. The van der Waals surface area contributed by atoms with E-state index in [1.165, 1.54) is 0 Å². The second-order valence-electron chi connectivity index (χ2n) is 2.25. The van der Waals surface area contributed by atoms with Crippen molar-refractivity contribution in [1.82, 2.24) is 5.32 Å². The van der Waals surface area contributed by atoms with Crippen LogP contribution in [0, 0.1) is 24.5 Å². The van der Waals surface area contributed by atoms with Gasteiger partial charge < -0.3 is 0 Å². The first-order valence-electron chi connectivity index (χ1n) is 3.33. The number of allylic oxidation sites excluding steroid dienone is 2. The lowest BCUT2D eigenvalue weighted by Crippen LogP contribution is -2.12. The minimum Gasteiger partial charge on any atom is -0.261 e. The van der Waals surface area contributed by atoms with Gasteiger partial charge in [-0.05, 0) is 6.92 Å². The highest BCUT2D eigenvalue weighted by molar-refractivity contribution is 5.26. The van der Waals surface area contributed by atoms with Gasteiger partial charge in [-0.3, -0.25) is 5.32 Å². The molecule has 1 atom stereocenters. The highest BCUT2D eigenvalue weighted by Crippen LogP contribution is 2.10. The zero-order valence-corrected chi connectivity index (χ0v) is 6.02. The Bertz CT molecular complexity index is 205. The van der Waals surface area contributed by atoms with Gasteiger partial charge >= 0.3 is 0 Å². The molecule has 1 heterocycles. The van der Waals surface area contributed by atoms with Crippen LogP contribution in [0.5, 0.6) is 0 Å². The third-order valence-corrected chi connectivity index (χ3v) is 1.47. The molecule has 1 N–H and O–H groups in total. The van der Waals surface area contributed by atoms with Gasteiger partial charge in [0, 0.05) is 6.08 Å². The van der Waals surface area contributed by atoms with Crippen molar-refractivity contribution in [2.45, 2.75) is 6.92 Å². The summed E-state index contributed by atoms with van der Waals surface area (Å²) < 4.78 is 0. The maximum absolute atomic E-state index is 5.23. The molecule has 0 saturated carbocycles. The molecule has 1 heteroatoms. The standard InChI is InChI=1S/C9H10N/c1-3-8(2)9-5-4-6-10-7-9/h1,4-5,8,10H,6H2,2H3/q+1. The minimum absolute atomic E-state index is 0.170. The Morgan fingerprint density at radius 3 is 3.20 bits per heavy atom. The van der Waals surface area contributed by atoms with Crippen LogP contribution in [0.1, 0.15) is 6.92 Å². The first-order valence-corrected chi connectivity index (χ1v) is 3.33. The van der Waals surface area contributed by atoms with Crippen molar-refractivity contribution in [2.24, 2.45) is 5.92 Å². The van der Waals surface area contributed by atoms with Gasteiger partial charge in [0.25, 0.3) is 0 Å². The Kier molecular flexibility index (Phi) is 2.10. The first-order chi connectivity index (χ1) is 4.84. The number of rotatable bonds is 1. The molecule has 0 fully saturated rings. The summed E-state index contributed by atoms with van der Waals surface area (Å²) in [5, 5.41) is 2.98. The molecule has 0 aromatic heterocycles. The predicted octanol–water partition coefficient (Wildman–Crippen LogP) is 1.10. The fourth-order valence-corrected chi connectivity index (χ4v) is 0.782. The Balaban J connectivity index is 2.65. The summed E-state index contributed by atoms with van der Waals surface area (Å²) in [6.07, 6.45) is 12.3. The van der Waals surface area contributed by atoms with Crippen LogP contribution in [0.3, 0.4) is 0 Å². The number of dihydropyridines is 1. The maximum atomic E-state index is 5.23. The molecule has 0 aromatic carbocycles. The van der Waals surface area contributed by atoms with Crippen molar-refractivity contribution in [3.05, 3.63) is 23.9 Å². The molecule has 0 bridgehead atoms. The average Bonchev–Trinajstić information content (AvgIpc) is 2.05. The molecule has 10 heavy (non-hydrogen) atoms. The van der Waals surface area contributed by atoms with E-state index < -0.39 is 0 Å². The molecule has 0 aromatic rings. The van der Waals surface area contributed by atoms with E-state index in [2.05, 4.69) is 17.4 Å². The molecule has 0 radical (unpaired) electrons. The normalized spacial score (nSPS) is 17.8. The largest absolute Gasteiger partial charge is 0.261 e. The van der Waals surface area contributed by atoms with Gasteiger partial charge in [0.1, 0.15) is 0 Å². The topological polar surface area (TPSA) is 12.0 Å². The fourth-order valence-electron chi connectivity index (χ4n) is 0.782. The molecule has 0 saturated heterocycles. The van der Waals surface area contributed by atoms with Gasteiger partial charge in [-0.2, -0.15) is 0 Å². The molecule has 0 amide bonds. The molecule has 1 rings (SSSR count). The van der Waals surface area contributed by atoms with Crippen LogP contribution in [0.25, 0.3) is 0 Å². The number of hydrogen-bond donors (Lipinski definition) is 1. The predicted molar refractivity (Wildman–Crippen MR) is 41.9 cm³/mol. The maximum Gasteiger partial charge on any atom is 0.207 e. The molecule has 1 aliphatic rings. The Hall–Kier alpha value is -1.25. The summed E-state index contributed by atoms with van der Waals surface area (Å²) in [6.45, 7) is 2.85. The first kappa shape index (κ1) is 6.86. The Labute approximate surface area is 61.8 Å². The zero-order chi connectivity index (χ0) is 7.40. The van der Waals surface area contributed by atoms with Gasteiger partial charge in [0.05, 0.1) is 18.5 Å². The SMILES string of the molecule is C#CC(C)C1=[C+]NCC=C1. The van der Waals surface area contributed by atoms with Crippen LogP contribution in [-0.2, 0) is 0 Å². The summed E-state index contributed by atoms with van der Waals surface area (Å²) in [5.74, 6) is 2.81. The van der Waals surface area contributed by atoms with Crippen LogP contribution in [0.2, 0.25) is 0 Å². The van der Waals surface area contributed by atoms with Crippen LogP contribution in [0.4, 0.5) is 0 Å². The summed E-state index contributed by atoms with van der Waals surface area (Å²) in [6, 6.07) is 0. The van der Waals surface area contributed by atoms with Crippen molar-refractivity contribution in [3.8, 4) is 12.3 Å². The second kappa shape index (κ2) is 3.06. The molecule has 0 aliphatic carbocycles. The van der Waals surface area contributed by atoms with Crippen molar-refractivity contribution < 1.29 is 0 Å². The monoisotopic (exact) mass is 132 g/mol. The van der Waals surface area contributed by atoms with E-state index in [0.717, 1.165) is 12.1 Å². The van der Waals surface area contributed by atoms with Crippen molar-refractivity contribution in [3.63, 3.8) is 0 Å². The molecular formula is C9H10N+. The summed E-state index contributed by atoms with van der Waals surface area (Å²) in [5.41, 5.74) is 1.06. The molecule has 1 aliphatic heterocycles. The van der Waals surface area contributed by atoms with E-state index in [1.54, 1.807) is 0 Å². The van der Waals surface area contributed by atoms with E-state index in [1.807, 2.05) is 19.1 Å². The van der Waals surface area contributed by atoms with E-state index >= 15 is 0 Å². The second-order valence-corrected chi connectivity index (χ2v) is 2.25. The molecule has 1 nitrogen and oxygen atoms in total. The average molecular weight is 132 g/mol. The summed E-state index contributed by atoms with van der Waals surface area (Å²) in [7, 11) is 0. The smallest absolute Gasteiger partial charge is 0.207 e. The van der Waals surface area contributed by atoms with Crippen LogP contribution >= 0.6 is 0 Å². The number of terminal acetylenes is 1. The quantitative estimate of drug-likeness (QED) is 0.416. The van der Waals surface area contributed by atoms with Gasteiger partial charge in [0.2, 0.25) is 5.57 Å². The van der Waals surface area contributed by atoms with Crippen molar-refractivity contribution >= 4 is 0 Å². The van der Waals surface area contributed by atoms with E-state index in [4.69, 9.17) is 6.42 Å². The lowest BCUT2D eigenvalue weighted by molar-refractivity contribution is 0.841. The fraction of sp³-hybridized carbons (Fsp3) is 0.333. The van der Waals surface area contributed by atoms with Crippen LogP contribution < -0.4 is 5.32 Å².